The molecule has 0 bridgehead atoms. The molecule has 1 aliphatic rings. The van der Waals surface area contributed by atoms with Crippen molar-refractivity contribution < 1.29 is 18.7 Å². The number of methoxy groups -OCH3 is 1. The molecule has 1 N–H and O–H groups in total. The molecule has 2 amide bonds. The number of rotatable bonds is 4. The number of carbonyl (C=O) groups excluding carboxylic acids is 2. The number of furan rings is 1. The van der Waals surface area contributed by atoms with Gasteiger partial charge in [0.25, 0.3) is 5.91 Å². The number of ether oxygens (including phenoxy) is 1. The Morgan fingerprint density at radius 1 is 1.28 bits per heavy atom. The lowest BCUT2D eigenvalue weighted by Crippen LogP contribution is -2.66. The number of fused-ring (bicyclic) bond motifs is 1. The molecule has 0 radical (unpaired) electrons. The molecule has 0 aliphatic carbocycles. The van der Waals surface area contributed by atoms with Gasteiger partial charge in [-0.1, -0.05) is 11.6 Å². The standard InChI is InChI=1S/C23H25ClN4O4/c1-22(2,3)25-21(30)23(4)13-27-17(12-16(26-27)19-7-6-10-32-19)20(29)28(23)14-8-9-18(31-5)15(24)11-14/h6-12H,13H2,1-5H3,(H,25,30). The van der Waals surface area contributed by atoms with Crippen LogP contribution in [0.25, 0.3) is 11.5 Å². The quantitative estimate of drug-likeness (QED) is 0.637. The first-order valence-corrected chi connectivity index (χ1v) is 10.5. The Morgan fingerprint density at radius 3 is 2.62 bits per heavy atom. The number of hydrogen-bond acceptors (Lipinski definition) is 5. The van der Waals surface area contributed by atoms with Crippen molar-refractivity contribution in [2.45, 2.75) is 45.3 Å². The third-order valence-electron chi connectivity index (χ3n) is 5.30. The maximum atomic E-state index is 13.7. The molecule has 1 aliphatic heterocycles. The molecular formula is C23H25ClN4O4. The van der Waals surface area contributed by atoms with Gasteiger partial charge in [0.2, 0.25) is 5.91 Å². The number of amides is 2. The summed E-state index contributed by atoms with van der Waals surface area (Å²) in [5.41, 5.74) is -0.395. The molecule has 1 unspecified atom stereocenters. The Kier molecular flexibility index (Phi) is 5.29. The fourth-order valence-electron chi connectivity index (χ4n) is 3.80. The van der Waals surface area contributed by atoms with Gasteiger partial charge in [0.1, 0.15) is 22.7 Å². The van der Waals surface area contributed by atoms with Crippen molar-refractivity contribution in [2.75, 3.05) is 12.0 Å². The highest BCUT2D eigenvalue weighted by Gasteiger charge is 2.49. The Hall–Kier alpha value is -3.26. The Labute approximate surface area is 191 Å². The summed E-state index contributed by atoms with van der Waals surface area (Å²) in [7, 11) is 1.52. The second kappa shape index (κ2) is 7.70. The monoisotopic (exact) mass is 456 g/mol. The van der Waals surface area contributed by atoms with Crippen molar-refractivity contribution in [3.63, 3.8) is 0 Å². The molecule has 9 heteroatoms. The van der Waals surface area contributed by atoms with Crippen molar-refractivity contribution in [3.05, 3.63) is 53.4 Å². The van der Waals surface area contributed by atoms with Crippen LogP contribution in [0.5, 0.6) is 5.75 Å². The summed E-state index contributed by atoms with van der Waals surface area (Å²) in [5, 5.41) is 7.88. The minimum Gasteiger partial charge on any atom is -0.495 e. The van der Waals surface area contributed by atoms with Crippen LogP contribution in [0.1, 0.15) is 38.2 Å². The van der Waals surface area contributed by atoms with Gasteiger partial charge in [-0.15, -0.1) is 0 Å². The number of benzene rings is 1. The number of halogens is 1. The first-order valence-electron chi connectivity index (χ1n) is 10.2. The van der Waals surface area contributed by atoms with Crippen molar-refractivity contribution in [3.8, 4) is 17.2 Å². The Bertz CT molecular complexity index is 1180. The first kappa shape index (κ1) is 22.0. The third kappa shape index (κ3) is 3.75. The number of aromatic nitrogens is 2. The van der Waals surface area contributed by atoms with E-state index in [9.17, 15) is 9.59 Å². The fourth-order valence-corrected chi connectivity index (χ4v) is 4.05. The normalized spacial score (nSPS) is 18.4. The summed E-state index contributed by atoms with van der Waals surface area (Å²) in [6, 6.07) is 10.2. The van der Waals surface area contributed by atoms with E-state index in [2.05, 4.69) is 10.4 Å². The average molecular weight is 457 g/mol. The van der Waals surface area contributed by atoms with Crippen LogP contribution in [0, 0.1) is 0 Å². The van der Waals surface area contributed by atoms with Gasteiger partial charge >= 0.3 is 0 Å². The summed E-state index contributed by atoms with van der Waals surface area (Å²) in [6.07, 6.45) is 1.54. The van der Waals surface area contributed by atoms with Gasteiger partial charge in [0.15, 0.2) is 5.76 Å². The molecule has 3 heterocycles. The summed E-state index contributed by atoms with van der Waals surface area (Å²) >= 11 is 6.35. The van der Waals surface area contributed by atoms with Gasteiger partial charge in [-0.05, 0) is 58.0 Å². The Balaban J connectivity index is 1.85. The van der Waals surface area contributed by atoms with E-state index >= 15 is 0 Å². The van der Waals surface area contributed by atoms with E-state index in [1.165, 1.54) is 12.0 Å². The highest BCUT2D eigenvalue weighted by Crippen LogP contribution is 2.37. The molecule has 8 nitrogen and oxygen atoms in total. The van der Waals surface area contributed by atoms with E-state index in [1.807, 2.05) is 20.8 Å². The molecule has 0 spiro atoms. The van der Waals surface area contributed by atoms with E-state index in [0.29, 0.717) is 33.6 Å². The lowest BCUT2D eigenvalue weighted by atomic mass is 9.92. The summed E-state index contributed by atoms with van der Waals surface area (Å²) in [5.74, 6) is 0.353. The second-order valence-electron chi connectivity index (χ2n) is 8.99. The summed E-state index contributed by atoms with van der Waals surface area (Å²) < 4.78 is 12.2. The maximum absolute atomic E-state index is 13.7. The second-order valence-corrected chi connectivity index (χ2v) is 9.39. The van der Waals surface area contributed by atoms with Gasteiger partial charge in [0.05, 0.1) is 24.9 Å². The minimum atomic E-state index is -1.26. The zero-order valence-electron chi connectivity index (χ0n) is 18.6. The largest absolute Gasteiger partial charge is 0.495 e. The maximum Gasteiger partial charge on any atom is 0.277 e. The molecule has 32 heavy (non-hydrogen) atoms. The number of nitrogens with one attached hydrogen (secondary N) is 1. The van der Waals surface area contributed by atoms with Crippen LogP contribution in [-0.2, 0) is 11.3 Å². The first-order chi connectivity index (χ1) is 15.0. The molecule has 0 saturated carbocycles. The van der Waals surface area contributed by atoms with Crippen molar-refractivity contribution in [1.29, 1.82) is 0 Å². The van der Waals surface area contributed by atoms with Crippen LogP contribution in [-0.4, -0.2) is 39.8 Å². The van der Waals surface area contributed by atoms with Crippen LogP contribution >= 0.6 is 11.6 Å². The molecule has 3 aromatic rings. The molecule has 168 valence electrons. The number of anilines is 1. The fraction of sp³-hybridized carbons (Fsp3) is 0.348. The van der Waals surface area contributed by atoms with Gasteiger partial charge in [0, 0.05) is 17.3 Å². The van der Waals surface area contributed by atoms with Gasteiger partial charge in [-0.25, -0.2) is 0 Å². The average Bonchev–Trinajstić information content (AvgIpc) is 3.36. The van der Waals surface area contributed by atoms with Crippen LogP contribution in [0.15, 0.2) is 47.1 Å². The molecule has 1 aromatic carbocycles. The lowest BCUT2D eigenvalue weighted by molar-refractivity contribution is -0.128. The highest BCUT2D eigenvalue weighted by atomic mass is 35.5. The minimum absolute atomic E-state index is 0.153. The zero-order valence-corrected chi connectivity index (χ0v) is 19.4. The molecule has 1 atom stereocenters. The van der Waals surface area contributed by atoms with Crippen molar-refractivity contribution >= 4 is 29.1 Å². The molecule has 0 fully saturated rings. The van der Waals surface area contributed by atoms with Crippen molar-refractivity contribution in [2.24, 2.45) is 0 Å². The predicted molar refractivity (Wildman–Crippen MR) is 121 cm³/mol. The molecule has 4 rings (SSSR count). The van der Waals surface area contributed by atoms with Crippen LogP contribution in [0.2, 0.25) is 5.02 Å². The number of carbonyl (C=O) groups is 2. The van der Waals surface area contributed by atoms with Gasteiger partial charge < -0.3 is 14.5 Å². The summed E-state index contributed by atoms with van der Waals surface area (Å²) in [6.45, 7) is 7.55. The smallest absolute Gasteiger partial charge is 0.277 e. The zero-order chi connectivity index (χ0) is 23.3. The van der Waals surface area contributed by atoms with Crippen LogP contribution in [0.4, 0.5) is 5.69 Å². The van der Waals surface area contributed by atoms with Gasteiger partial charge in [-0.2, -0.15) is 5.10 Å². The predicted octanol–water partition coefficient (Wildman–Crippen LogP) is 4.14. The van der Waals surface area contributed by atoms with Crippen molar-refractivity contribution in [1.82, 2.24) is 15.1 Å². The van der Waals surface area contributed by atoms with E-state index < -0.39 is 11.1 Å². The SMILES string of the molecule is COc1ccc(N2C(=O)c3cc(-c4ccco4)nn3CC2(C)C(=O)NC(C)(C)C)cc1Cl. The van der Waals surface area contributed by atoms with Crippen LogP contribution < -0.4 is 15.0 Å². The molecular weight excluding hydrogens is 432 g/mol. The third-order valence-corrected chi connectivity index (χ3v) is 5.59. The molecule has 0 saturated heterocycles. The Morgan fingerprint density at radius 2 is 2.03 bits per heavy atom. The lowest BCUT2D eigenvalue weighted by Gasteiger charge is -2.44. The van der Waals surface area contributed by atoms with Gasteiger partial charge in [-0.3, -0.25) is 19.2 Å². The number of hydrogen-bond donors (Lipinski definition) is 1. The van der Waals surface area contributed by atoms with E-state index in [1.54, 1.807) is 54.3 Å². The molecule has 2 aromatic heterocycles. The van der Waals surface area contributed by atoms with Crippen LogP contribution in [0.3, 0.4) is 0 Å². The number of nitrogens with zero attached hydrogens (tertiary/aromatic N) is 3. The summed E-state index contributed by atoms with van der Waals surface area (Å²) in [4.78, 5) is 28.7. The topological polar surface area (TPSA) is 89.6 Å². The highest BCUT2D eigenvalue weighted by molar-refractivity contribution is 6.32. The van der Waals surface area contributed by atoms with E-state index in [4.69, 9.17) is 20.8 Å². The van der Waals surface area contributed by atoms with E-state index in [-0.39, 0.29) is 18.4 Å². The van der Waals surface area contributed by atoms with E-state index in [0.717, 1.165) is 0 Å².